The van der Waals surface area contributed by atoms with Crippen molar-refractivity contribution in [2.24, 2.45) is 5.92 Å². The minimum atomic E-state index is -0.431. The fourth-order valence-electron chi connectivity index (χ4n) is 4.62. The first-order valence-electron chi connectivity index (χ1n) is 12.1. The highest BCUT2D eigenvalue weighted by molar-refractivity contribution is 6.05. The van der Waals surface area contributed by atoms with Crippen molar-refractivity contribution < 1.29 is 14.4 Å². The van der Waals surface area contributed by atoms with Gasteiger partial charge in [0.2, 0.25) is 11.8 Å². The number of benzene rings is 2. The predicted octanol–water partition coefficient (Wildman–Crippen LogP) is 4.61. The van der Waals surface area contributed by atoms with Crippen molar-refractivity contribution in [3.05, 3.63) is 82.7 Å². The second-order valence-corrected chi connectivity index (χ2v) is 9.00. The molecule has 1 aliphatic rings. The summed E-state index contributed by atoms with van der Waals surface area (Å²) >= 11 is 0. The number of nitrogens with one attached hydrogen (secondary N) is 2. The smallest absolute Gasteiger partial charge is 0.270 e. The van der Waals surface area contributed by atoms with Crippen molar-refractivity contribution in [3.63, 3.8) is 0 Å². The van der Waals surface area contributed by atoms with Gasteiger partial charge in [-0.3, -0.25) is 24.5 Å². The van der Waals surface area contributed by atoms with Gasteiger partial charge in [-0.05, 0) is 74.2 Å². The first kappa shape index (κ1) is 24.3. The van der Waals surface area contributed by atoms with Gasteiger partial charge in [0, 0.05) is 41.3 Å². The van der Waals surface area contributed by atoms with Crippen LogP contribution in [0.4, 0.5) is 11.4 Å². The predicted molar refractivity (Wildman–Crippen MR) is 138 cm³/mol. The number of carbonyl (C=O) groups is 3. The van der Waals surface area contributed by atoms with E-state index in [1.54, 1.807) is 33.8 Å². The molecule has 1 aromatic heterocycles. The number of aromatic nitrogens is 1. The van der Waals surface area contributed by atoms with Crippen LogP contribution in [0.1, 0.15) is 53.1 Å². The summed E-state index contributed by atoms with van der Waals surface area (Å²) in [4.78, 5) is 40.2. The molecule has 2 heterocycles. The summed E-state index contributed by atoms with van der Waals surface area (Å²) in [7, 11) is 0. The van der Waals surface area contributed by atoms with Crippen molar-refractivity contribution in [2.75, 3.05) is 22.2 Å². The number of nitrogens with zero attached hydrogens (tertiary/aromatic N) is 2. The number of rotatable bonds is 7. The molecule has 3 amide bonds. The molecule has 1 aliphatic heterocycles. The molecular weight excluding hydrogens is 440 g/mol. The third kappa shape index (κ3) is 4.99. The fraction of sp³-hybridized carbons (Fsp3) is 0.321. The summed E-state index contributed by atoms with van der Waals surface area (Å²) in [5, 5.41) is 2.91. The Kier molecular flexibility index (Phi) is 7.05. The second-order valence-electron chi connectivity index (χ2n) is 9.00. The average molecular weight is 473 g/mol. The molecule has 7 heteroatoms. The van der Waals surface area contributed by atoms with Crippen LogP contribution in [0.2, 0.25) is 0 Å². The fourth-order valence-corrected chi connectivity index (χ4v) is 4.62. The highest BCUT2D eigenvalue weighted by Gasteiger charge is 2.36. The van der Waals surface area contributed by atoms with Gasteiger partial charge in [0.25, 0.3) is 5.91 Å². The van der Waals surface area contributed by atoms with E-state index in [-0.39, 0.29) is 24.1 Å². The van der Waals surface area contributed by atoms with Gasteiger partial charge in [0.05, 0.1) is 5.92 Å². The lowest BCUT2D eigenvalue weighted by atomic mass is 10.0. The molecule has 3 aromatic rings. The van der Waals surface area contributed by atoms with Crippen LogP contribution in [0, 0.1) is 19.8 Å². The first-order valence-corrected chi connectivity index (χ1v) is 12.1. The topological polar surface area (TPSA) is 83.4 Å². The van der Waals surface area contributed by atoms with E-state index >= 15 is 0 Å². The van der Waals surface area contributed by atoms with E-state index in [9.17, 15) is 14.4 Å². The van der Waals surface area contributed by atoms with E-state index in [0.717, 1.165) is 41.0 Å². The summed E-state index contributed by atoms with van der Waals surface area (Å²) in [6.07, 6.45) is 1.84. The first-order chi connectivity index (χ1) is 16.8. The molecule has 7 nitrogen and oxygen atoms in total. The van der Waals surface area contributed by atoms with Crippen LogP contribution in [0.15, 0.2) is 54.6 Å². The number of para-hydroxylation sites is 1. The molecule has 4 rings (SSSR count). The van der Waals surface area contributed by atoms with Gasteiger partial charge in [0.1, 0.15) is 0 Å². The summed E-state index contributed by atoms with van der Waals surface area (Å²) in [5.74, 6) is -0.879. The number of hydrogen-bond donors (Lipinski definition) is 2. The Morgan fingerprint density at radius 1 is 0.914 bits per heavy atom. The van der Waals surface area contributed by atoms with E-state index < -0.39 is 5.92 Å². The van der Waals surface area contributed by atoms with Crippen LogP contribution >= 0.6 is 0 Å². The third-order valence-electron chi connectivity index (χ3n) is 6.63. The van der Waals surface area contributed by atoms with Crippen LogP contribution < -0.4 is 15.6 Å². The lowest BCUT2D eigenvalue weighted by molar-refractivity contribution is -0.122. The number of carbonyl (C=O) groups excluding carboxylic acids is 3. The lowest BCUT2D eigenvalue weighted by Gasteiger charge is -2.23. The van der Waals surface area contributed by atoms with Gasteiger partial charge in [-0.1, -0.05) is 32.0 Å². The van der Waals surface area contributed by atoms with Crippen molar-refractivity contribution >= 4 is 29.1 Å². The molecule has 0 unspecified atom stereocenters. The van der Waals surface area contributed by atoms with Crippen molar-refractivity contribution in [1.29, 1.82) is 0 Å². The van der Waals surface area contributed by atoms with Gasteiger partial charge in [-0.25, -0.2) is 0 Å². The maximum Gasteiger partial charge on any atom is 0.270 e. The number of amides is 3. The minimum absolute atomic E-state index is 0.0247. The minimum Gasteiger partial charge on any atom is -0.326 e. The van der Waals surface area contributed by atoms with E-state index in [0.29, 0.717) is 17.8 Å². The Bertz CT molecular complexity index is 1220. The maximum absolute atomic E-state index is 13.0. The molecular formula is C28H32N4O3. The SMILES string of the molecule is CCc1cccc(CC)c1N1C[C@@H](C(=O)Nc2ccc(C(=O)Nn3c(C)ccc3C)cc2)CC1=O. The normalized spacial score (nSPS) is 15.4. The molecule has 1 fully saturated rings. The van der Waals surface area contributed by atoms with E-state index in [2.05, 4.69) is 24.6 Å². The maximum atomic E-state index is 13.0. The zero-order chi connectivity index (χ0) is 25.1. The zero-order valence-corrected chi connectivity index (χ0v) is 20.7. The summed E-state index contributed by atoms with van der Waals surface area (Å²) < 4.78 is 1.74. The summed E-state index contributed by atoms with van der Waals surface area (Å²) in [5.41, 5.74) is 9.03. The highest BCUT2D eigenvalue weighted by Crippen LogP contribution is 2.32. The molecule has 0 aliphatic carbocycles. The molecule has 0 spiro atoms. The van der Waals surface area contributed by atoms with Gasteiger partial charge < -0.3 is 10.2 Å². The molecule has 182 valence electrons. The zero-order valence-electron chi connectivity index (χ0n) is 20.7. The van der Waals surface area contributed by atoms with Crippen LogP contribution in [0.3, 0.4) is 0 Å². The Balaban J connectivity index is 1.42. The largest absolute Gasteiger partial charge is 0.326 e. The van der Waals surface area contributed by atoms with Crippen molar-refractivity contribution in [1.82, 2.24) is 4.68 Å². The van der Waals surface area contributed by atoms with Gasteiger partial charge in [-0.15, -0.1) is 0 Å². The van der Waals surface area contributed by atoms with Crippen LogP contribution in [-0.4, -0.2) is 28.9 Å². The highest BCUT2D eigenvalue weighted by atomic mass is 16.2. The second kappa shape index (κ2) is 10.2. The van der Waals surface area contributed by atoms with Crippen LogP contribution in [0.25, 0.3) is 0 Å². The molecule has 2 aromatic carbocycles. The van der Waals surface area contributed by atoms with Gasteiger partial charge in [-0.2, -0.15) is 0 Å². The van der Waals surface area contributed by atoms with Crippen molar-refractivity contribution in [3.8, 4) is 0 Å². The standard InChI is InChI=1S/C28H32N4O3/c1-5-20-8-7-9-21(6-2)26(20)31-17-23(16-25(31)33)27(34)29-24-14-12-22(13-15-24)28(35)30-32-18(3)10-11-19(32)4/h7-15,23H,5-6,16-17H2,1-4H3,(H,29,34)(H,30,35)/t23-/m0/s1. The average Bonchev–Trinajstić information content (AvgIpc) is 3.40. The van der Waals surface area contributed by atoms with E-state index in [4.69, 9.17) is 0 Å². The van der Waals surface area contributed by atoms with E-state index in [1.807, 2.05) is 44.2 Å². The summed E-state index contributed by atoms with van der Waals surface area (Å²) in [6.45, 7) is 8.36. The third-order valence-corrected chi connectivity index (χ3v) is 6.63. The molecule has 0 radical (unpaired) electrons. The Hall–Kier alpha value is -3.87. The van der Waals surface area contributed by atoms with Crippen LogP contribution in [-0.2, 0) is 22.4 Å². The van der Waals surface area contributed by atoms with Crippen LogP contribution in [0.5, 0.6) is 0 Å². The number of aryl methyl sites for hydroxylation is 4. The molecule has 2 N–H and O–H groups in total. The Labute approximate surface area is 206 Å². The molecule has 1 saturated heterocycles. The molecule has 0 saturated carbocycles. The lowest BCUT2D eigenvalue weighted by Crippen LogP contribution is -2.29. The van der Waals surface area contributed by atoms with Gasteiger partial charge >= 0.3 is 0 Å². The van der Waals surface area contributed by atoms with Gasteiger partial charge in [0.15, 0.2) is 0 Å². The van der Waals surface area contributed by atoms with Crippen molar-refractivity contribution in [2.45, 2.75) is 47.0 Å². The Morgan fingerprint density at radius 3 is 2.09 bits per heavy atom. The molecule has 1 atom stereocenters. The number of hydrogen-bond acceptors (Lipinski definition) is 3. The monoisotopic (exact) mass is 472 g/mol. The van der Waals surface area contributed by atoms with E-state index in [1.165, 1.54) is 0 Å². The molecule has 35 heavy (non-hydrogen) atoms. The number of anilines is 2. The summed E-state index contributed by atoms with van der Waals surface area (Å²) in [6, 6.07) is 16.8. The Morgan fingerprint density at radius 2 is 1.51 bits per heavy atom. The molecule has 0 bridgehead atoms. The quantitative estimate of drug-likeness (QED) is 0.527.